The second-order valence-corrected chi connectivity index (χ2v) is 6.95. The molecular formula is C22H24O3. The molecule has 1 N–H and O–H groups in total. The normalized spacial score (nSPS) is 16.3. The van der Waals surface area contributed by atoms with Gasteiger partial charge in [-0.25, -0.2) is 0 Å². The van der Waals surface area contributed by atoms with Crippen LogP contribution in [0.2, 0.25) is 0 Å². The number of ketones is 1. The Balaban J connectivity index is 1.82. The van der Waals surface area contributed by atoms with E-state index < -0.39 is 11.9 Å². The van der Waals surface area contributed by atoms with Crippen molar-refractivity contribution in [2.75, 3.05) is 0 Å². The molecule has 130 valence electrons. The summed E-state index contributed by atoms with van der Waals surface area (Å²) in [4.78, 5) is 24.5. The molecule has 3 rings (SSSR count). The Labute approximate surface area is 148 Å². The first kappa shape index (κ1) is 17.4. The first-order valence-corrected chi connectivity index (χ1v) is 9.07. The van der Waals surface area contributed by atoms with Gasteiger partial charge in [-0.15, -0.1) is 0 Å². The summed E-state index contributed by atoms with van der Waals surface area (Å²) in [7, 11) is 0. The van der Waals surface area contributed by atoms with Gasteiger partial charge in [0.15, 0.2) is 5.78 Å². The van der Waals surface area contributed by atoms with E-state index in [1.807, 2.05) is 24.3 Å². The summed E-state index contributed by atoms with van der Waals surface area (Å²) >= 11 is 0. The lowest BCUT2D eigenvalue weighted by Crippen LogP contribution is -2.18. The molecule has 0 aliphatic heterocycles. The number of carboxylic acid groups (broad SMARTS) is 1. The first-order valence-electron chi connectivity index (χ1n) is 9.07. The zero-order valence-electron chi connectivity index (χ0n) is 14.4. The standard InChI is InChI=1S/C22H24O3/c23-21(17-10-5-2-6-11-17)19-13-7-12-18(15-19)20(22(24)25)14-16-8-3-1-4-9-16/h2,5-7,10-13,15-16,20H,1,3-4,8-9,14H2,(H,24,25). The number of aliphatic carboxylic acids is 1. The molecule has 1 fully saturated rings. The van der Waals surface area contributed by atoms with Gasteiger partial charge in [0.2, 0.25) is 0 Å². The Kier molecular flexibility index (Phi) is 5.64. The SMILES string of the molecule is O=C(c1ccccc1)c1cccc(C(CC2CCCCC2)C(=O)O)c1. The van der Waals surface area contributed by atoms with Crippen molar-refractivity contribution in [1.82, 2.24) is 0 Å². The molecule has 0 heterocycles. The Hall–Kier alpha value is -2.42. The summed E-state index contributed by atoms with van der Waals surface area (Å²) in [6, 6.07) is 16.3. The molecule has 0 radical (unpaired) electrons. The van der Waals surface area contributed by atoms with Gasteiger partial charge < -0.3 is 5.11 Å². The van der Waals surface area contributed by atoms with E-state index >= 15 is 0 Å². The van der Waals surface area contributed by atoms with Gasteiger partial charge >= 0.3 is 5.97 Å². The zero-order valence-corrected chi connectivity index (χ0v) is 14.4. The number of carboxylic acids is 1. The van der Waals surface area contributed by atoms with Crippen LogP contribution in [0.4, 0.5) is 0 Å². The smallest absolute Gasteiger partial charge is 0.310 e. The van der Waals surface area contributed by atoms with Crippen molar-refractivity contribution in [3.05, 3.63) is 71.3 Å². The summed E-state index contributed by atoms with van der Waals surface area (Å²) in [5, 5.41) is 9.72. The number of carbonyl (C=O) groups is 2. The molecule has 0 aromatic heterocycles. The summed E-state index contributed by atoms with van der Waals surface area (Å²) < 4.78 is 0. The number of rotatable bonds is 6. The lowest BCUT2D eigenvalue weighted by Gasteiger charge is -2.25. The van der Waals surface area contributed by atoms with Crippen molar-refractivity contribution in [1.29, 1.82) is 0 Å². The third kappa shape index (κ3) is 4.36. The maximum atomic E-state index is 12.6. The fraction of sp³-hybridized carbons (Fsp3) is 0.364. The third-order valence-electron chi connectivity index (χ3n) is 5.18. The van der Waals surface area contributed by atoms with Crippen molar-refractivity contribution in [2.45, 2.75) is 44.4 Å². The Morgan fingerprint density at radius 2 is 1.60 bits per heavy atom. The maximum Gasteiger partial charge on any atom is 0.310 e. The minimum Gasteiger partial charge on any atom is -0.481 e. The fourth-order valence-corrected chi connectivity index (χ4v) is 3.79. The number of benzene rings is 2. The van der Waals surface area contributed by atoms with E-state index in [2.05, 4.69) is 0 Å². The molecule has 2 aromatic rings. The van der Waals surface area contributed by atoms with Crippen molar-refractivity contribution in [3.63, 3.8) is 0 Å². The summed E-state index contributed by atoms with van der Waals surface area (Å²) in [6.07, 6.45) is 6.56. The van der Waals surface area contributed by atoms with Crippen LogP contribution in [-0.4, -0.2) is 16.9 Å². The lowest BCUT2D eigenvalue weighted by molar-refractivity contribution is -0.139. The van der Waals surface area contributed by atoms with Crippen LogP contribution < -0.4 is 0 Å². The molecule has 0 spiro atoms. The molecule has 0 amide bonds. The van der Waals surface area contributed by atoms with E-state index in [1.54, 1.807) is 30.3 Å². The van der Waals surface area contributed by atoms with Gasteiger partial charge in [0.1, 0.15) is 0 Å². The van der Waals surface area contributed by atoms with Crippen LogP contribution in [0.5, 0.6) is 0 Å². The molecule has 0 bridgehead atoms. The van der Waals surface area contributed by atoms with Gasteiger partial charge in [-0.3, -0.25) is 9.59 Å². The molecule has 1 aliphatic rings. The molecule has 1 unspecified atom stereocenters. The largest absolute Gasteiger partial charge is 0.481 e. The highest BCUT2D eigenvalue weighted by Crippen LogP contribution is 2.33. The molecule has 0 saturated heterocycles. The highest BCUT2D eigenvalue weighted by Gasteiger charge is 2.26. The molecule has 3 heteroatoms. The first-order chi connectivity index (χ1) is 12.1. The predicted molar refractivity (Wildman–Crippen MR) is 97.9 cm³/mol. The number of hydrogen-bond donors (Lipinski definition) is 1. The Morgan fingerprint density at radius 3 is 2.28 bits per heavy atom. The topological polar surface area (TPSA) is 54.4 Å². The van der Waals surface area contributed by atoms with Crippen LogP contribution >= 0.6 is 0 Å². The molecule has 3 nitrogen and oxygen atoms in total. The van der Waals surface area contributed by atoms with Crippen molar-refractivity contribution in [2.24, 2.45) is 5.92 Å². The summed E-state index contributed by atoms with van der Waals surface area (Å²) in [5.74, 6) is -0.922. The van der Waals surface area contributed by atoms with Gasteiger partial charge in [-0.1, -0.05) is 80.6 Å². The van der Waals surface area contributed by atoms with Crippen molar-refractivity contribution in [3.8, 4) is 0 Å². The van der Waals surface area contributed by atoms with Crippen LogP contribution in [-0.2, 0) is 4.79 Å². The zero-order chi connectivity index (χ0) is 17.6. The van der Waals surface area contributed by atoms with Gasteiger partial charge in [-0.2, -0.15) is 0 Å². The Morgan fingerprint density at radius 1 is 0.920 bits per heavy atom. The van der Waals surface area contributed by atoms with Crippen LogP contribution in [0.15, 0.2) is 54.6 Å². The fourth-order valence-electron chi connectivity index (χ4n) is 3.79. The molecule has 1 aliphatic carbocycles. The van der Waals surface area contributed by atoms with Crippen LogP contribution in [0.3, 0.4) is 0 Å². The van der Waals surface area contributed by atoms with Gasteiger partial charge in [0, 0.05) is 11.1 Å². The average molecular weight is 336 g/mol. The van der Waals surface area contributed by atoms with Crippen molar-refractivity contribution < 1.29 is 14.7 Å². The van der Waals surface area contributed by atoms with Gasteiger partial charge in [0.25, 0.3) is 0 Å². The van der Waals surface area contributed by atoms with Crippen LogP contribution in [0, 0.1) is 5.92 Å². The molecule has 25 heavy (non-hydrogen) atoms. The second-order valence-electron chi connectivity index (χ2n) is 6.95. The number of hydrogen-bond acceptors (Lipinski definition) is 2. The van der Waals surface area contributed by atoms with Crippen molar-refractivity contribution >= 4 is 11.8 Å². The van der Waals surface area contributed by atoms with E-state index in [0.29, 0.717) is 23.5 Å². The highest BCUT2D eigenvalue weighted by molar-refractivity contribution is 6.09. The lowest BCUT2D eigenvalue weighted by atomic mass is 9.80. The molecular weight excluding hydrogens is 312 g/mol. The van der Waals surface area contributed by atoms with E-state index in [-0.39, 0.29) is 5.78 Å². The Bertz CT molecular complexity index is 730. The van der Waals surface area contributed by atoms with Gasteiger partial charge in [0.05, 0.1) is 5.92 Å². The summed E-state index contributed by atoms with van der Waals surface area (Å²) in [6.45, 7) is 0. The van der Waals surface area contributed by atoms with Crippen LogP contribution in [0.1, 0.15) is 65.9 Å². The van der Waals surface area contributed by atoms with E-state index in [0.717, 1.165) is 18.4 Å². The van der Waals surface area contributed by atoms with E-state index in [9.17, 15) is 14.7 Å². The monoisotopic (exact) mass is 336 g/mol. The van der Waals surface area contributed by atoms with Crippen LogP contribution in [0.25, 0.3) is 0 Å². The minimum atomic E-state index is -0.796. The third-order valence-corrected chi connectivity index (χ3v) is 5.18. The molecule has 2 aromatic carbocycles. The molecule has 1 saturated carbocycles. The molecule has 1 atom stereocenters. The maximum absolute atomic E-state index is 12.6. The predicted octanol–water partition coefficient (Wildman–Crippen LogP) is 5.06. The van der Waals surface area contributed by atoms with Gasteiger partial charge in [-0.05, 0) is 24.0 Å². The van der Waals surface area contributed by atoms with E-state index in [1.165, 1.54) is 19.3 Å². The highest BCUT2D eigenvalue weighted by atomic mass is 16.4. The average Bonchev–Trinajstić information content (AvgIpc) is 2.67. The summed E-state index contributed by atoms with van der Waals surface area (Å²) in [5.41, 5.74) is 1.91. The quantitative estimate of drug-likeness (QED) is 0.751. The van der Waals surface area contributed by atoms with E-state index in [4.69, 9.17) is 0 Å². The minimum absolute atomic E-state index is 0.0655. The number of carbonyl (C=O) groups excluding carboxylic acids is 1. The second kappa shape index (κ2) is 8.11.